The van der Waals surface area contributed by atoms with Crippen molar-refractivity contribution in [1.82, 2.24) is 0 Å². The van der Waals surface area contributed by atoms with Gasteiger partial charge in [-0.2, -0.15) is 0 Å². The van der Waals surface area contributed by atoms with Gasteiger partial charge in [0.05, 0.1) is 0 Å². The Kier molecular flexibility index (Phi) is 13.6. The van der Waals surface area contributed by atoms with E-state index in [9.17, 15) is 5.11 Å². The van der Waals surface area contributed by atoms with E-state index in [1.54, 1.807) is 0 Å². The van der Waals surface area contributed by atoms with Crippen molar-refractivity contribution in [3.63, 3.8) is 0 Å². The van der Waals surface area contributed by atoms with Crippen LogP contribution in [0.1, 0.15) is 173 Å². The van der Waals surface area contributed by atoms with Gasteiger partial charge < -0.3 is 9.84 Å². The van der Waals surface area contributed by atoms with E-state index < -0.39 is 0 Å². The summed E-state index contributed by atoms with van der Waals surface area (Å²) in [6.07, 6.45) is 31.0. The molecule has 2 atom stereocenters. The van der Waals surface area contributed by atoms with Crippen LogP contribution in [0.25, 0.3) is 0 Å². The molecule has 2 heteroatoms. The summed E-state index contributed by atoms with van der Waals surface area (Å²) in [6.45, 7) is 8.97. The number of unbranched alkanes of at least 4 members (excludes halogenated alkanes) is 17. The molecule has 2 nitrogen and oxygen atoms in total. The first-order valence-electron chi connectivity index (χ1n) is 16.6. The molecule has 216 valence electrons. The van der Waals surface area contributed by atoms with E-state index in [1.807, 2.05) is 6.07 Å². The third-order valence-electron chi connectivity index (χ3n) is 9.35. The number of fused-ring (bicyclic) bond motifs is 3. The fourth-order valence-electron chi connectivity index (χ4n) is 6.95. The summed E-state index contributed by atoms with van der Waals surface area (Å²) < 4.78 is 6.50. The average Bonchev–Trinajstić information content (AvgIpc) is 2.87. The van der Waals surface area contributed by atoms with Crippen molar-refractivity contribution in [2.45, 2.75) is 174 Å². The fraction of sp³-hybridized carbons (Fsp3) is 0.778. The molecule has 38 heavy (non-hydrogen) atoms. The van der Waals surface area contributed by atoms with E-state index in [0.717, 1.165) is 30.6 Å². The highest BCUT2D eigenvalue weighted by Gasteiger charge is 2.45. The second kappa shape index (κ2) is 16.6. The highest BCUT2D eigenvalue weighted by atomic mass is 16.5. The number of allylic oxidation sites excluding steroid dienone is 2. The van der Waals surface area contributed by atoms with E-state index in [1.165, 1.54) is 127 Å². The predicted octanol–water partition coefficient (Wildman–Crippen LogP) is 11.6. The lowest BCUT2D eigenvalue weighted by molar-refractivity contribution is 0.0107. The Hall–Kier alpha value is -1.44. The quantitative estimate of drug-likeness (QED) is 0.144. The number of rotatable bonds is 19. The number of aryl methyl sites for hydroxylation is 1. The highest BCUT2D eigenvalue weighted by molar-refractivity contribution is 5.54. The number of benzene rings is 1. The van der Waals surface area contributed by atoms with Gasteiger partial charge in [0.2, 0.25) is 0 Å². The summed E-state index contributed by atoms with van der Waals surface area (Å²) in [7, 11) is 0. The van der Waals surface area contributed by atoms with Crippen LogP contribution in [0, 0.1) is 5.92 Å². The largest absolute Gasteiger partial charge is 0.507 e. The van der Waals surface area contributed by atoms with Crippen LogP contribution in [0.4, 0.5) is 0 Å². The van der Waals surface area contributed by atoms with E-state index in [0.29, 0.717) is 11.7 Å². The summed E-state index contributed by atoms with van der Waals surface area (Å²) in [5.41, 5.74) is 3.50. The highest BCUT2D eigenvalue weighted by Crippen LogP contribution is 2.53. The van der Waals surface area contributed by atoms with Crippen LogP contribution in [0.5, 0.6) is 11.5 Å². The molecule has 0 fully saturated rings. The van der Waals surface area contributed by atoms with Gasteiger partial charge in [-0.3, -0.25) is 0 Å². The Bertz CT molecular complexity index is 836. The molecule has 1 N–H and O–H groups in total. The molecule has 0 aromatic heterocycles. The molecule has 1 aromatic rings. The molecule has 0 saturated carbocycles. The van der Waals surface area contributed by atoms with E-state index in [-0.39, 0.29) is 11.5 Å². The summed E-state index contributed by atoms with van der Waals surface area (Å²) in [6, 6.07) is 4.24. The zero-order valence-electron chi connectivity index (χ0n) is 25.6. The Labute approximate surface area is 236 Å². The van der Waals surface area contributed by atoms with Gasteiger partial charge in [-0.15, -0.1) is 0 Å². The molecule has 1 aliphatic carbocycles. The maximum Gasteiger partial charge on any atom is 0.127 e. The van der Waals surface area contributed by atoms with Gasteiger partial charge in [0.25, 0.3) is 0 Å². The Morgan fingerprint density at radius 1 is 0.763 bits per heavy atom. The molecule has 0 radical (unpaired) electrons. The number of phenolic OH excluding ortho intramolecular Hbond substituents is 1. The number of ether oxygens (including phenoxy) is 1. The van der Waals surface area contributed by atoms with Crippen LogP contribution in [0.2, 0.25) is 0 Å². The molecule has 0 bridgehead atoms. The van der Waals surface area contributed by atoms with Crippen molar-refractivity contribution >= 4 is 0 Å². The van der Waals surface area contributed by atoms with Crippen molar-refractivity contribution in [2.75, 3.05) is 0 Å². The summed E-state index contributed by atoms with van der Waals surface area (Å²) in [5.74, 6) is 2.07. The zero-order chi connectivity index (χ0) is 27.2. The third-order valence-corrected chi connectivity index (χ3v) is 9.35. The topological polar surface area (TPSA) is 29.5 Å². The van der Waals surface area contributed by atoms with Crippen LogP contribution in [-0.2, 0) is 6.42 Å². The molecule has 1 heterocycles. The molecule has 2 aliphatic rings. The molecule has 1 aromatic carbocycles. The van der Waals surface area contributed by atoms with Crippen LogP contribution < -0.4 is 4.74 Å². The van der Waals surface area contributed by atoms with Crippen molar-refractivity contribution < 1.29 is 9.84 Å². The number of phenols is 1. The Morgan fingerprint density at radius 2 is 1.26 bits per heavy atom. The molecule has 0 amide bonds. The number of hydrogen-bond acceptors (Lipinski definition) is 2. The van der Waals surface area contributed by atoms with E-state index in [2.05, 4.69) is 39.8 Å². The molecular formula is C36H60O2. The van der Waals surface area contributed by atoms with Gasteiger partial charge in [-0.25, -0.2) is 0 Å². The standard InChI is InChI=1S/C36H60O2/c1-5-6-7-8-9-10-11-12-13-14-15-16-17-18-19-20-21-22-23-30-27-33(37)35-31-26-29(2)24-25-32(31)36(3,4)38-34(35)28-30/h26-28,31-32,37H,5-25H2,1-4H3/t31-,32-/m1/s1. The van der Waals surface area contributed by atoms with Crippen molar-refractivity contribution in [3.8, 4) is 11.5 Å². The molecule has 0 unspecified atom stereocenters. The first-order valence-corrected chi connectivity index (χ1v) is 16.6. The Morgan fingerprint density at radius 3 is 1.79 bits per heavy atom. The maximum absolute atomic E-state index is 11.0. The van der Waals surface area contributed by atoms with Gasteiger partial charge >= 0.3 is 0 Å². The zero-order valence-corrected chi connectivity index (χ0v) is 25.6. The number of aromatic hydroxyl groups is 1. The van der Waals surface area contributed by atoms with E-state index in [4.69, 9.17) is 4.74 Å². The van der Waals surface area contributed by atoms with Gasteiger partial charge in [0.1, 0.15) is 17.1 Å². The van der Waals surface area contributed by atoms with Crippen LogP contribution in [-0.4, -0.2) is 10.7 Å². The second-order valence-electron chi connectivity index (χ2n) is 13.2. The predicted molar refractivity (Wildman–Crippen MR) is 165 cm³/mol. The first-order chi connectivity index (χ1) is 18.4. The lowest BCUT2D eigenvalue weighted by atomic mass is 9.68. The van der Waals surface area contributed by atoms with Gasteiger partial charge in [-0.05, 0) is 64.2 Å². The van der Waals surface area contributed by atoms with Gasteiger partial charge in [-0.1, -0.05) is 128 Å². The Balaban J connectivity index is 1.23. The van der Waals surface area contributed by atoms with Crippen molar-refractivity contribution in [3.05, 3.63) is 34.9 Å². The van der Waals surface area contributed by atoms with E-state index >= 15 is 0 Å². The third kappa shape index (κ3) is 9.95. The lowest BCUT2D eigenvalue weighted by Crippen LogP contribution is -2.45. The smallest absolute Gasteiger partial charge is 0.127 e. The van der Waals surface area contributed by atoms with Crippen molar-refractivity contribution in [2.24, 2.45) is 5.92 Å². The normalized spacial score (nSPS) is 19.9. The monoisotopic (exact) mass is 524 g/mol. The molecule has 1 aliphatic heterocycles. The average molecular weight is 525 g/mol. The van der Waals surface area contributed by atoms with Crippen LogP contribution >= 0.6 is 0 Å². The first kappa shape index (κ1) is 31.1. The minimum atomic E-state index is -0.187. The minimum Gasteiger partial charge on any atom is -0.507 e. The van der Waals surface area contributed by atoms with Gasteiger partial charge in [0.15, 0.2) is 0 Å². The minimum absolute atomic E-state index is 0.187. The van der Waals surface area contributed by atoms with Crippen LogP contribution in [0.15, 0.2) is 23.8 Å². The summed E-state index contributed by atoms with van der Waals surface area (Å²) in [5, 5.41) is 11.0. The maximum atomic E-state index is 11.0. The molecule has 0 saturated heterocycles. The second-order valence-corrected chi connectivity index (χ2v) is 13.2. The van der Waals surface area contributed by atoms with Crippen molar-refractivity contribution in [1.29, 1.82) is 0 Å². The molecule has 3 rings (SSSR count). The summed E-state index contributed by atoms with van der Waals surface area (Å²) >= 11 is 0. The summed E-state index contributed by atoms with van der Waals surface area (Å²) in [4.78, 5) is 0. The van der Waals surface area contributed by atoms with Gasteiger partial charge in [0, 0.05) is 17.4 Å². The van der Waals surface area contributed by atoms with Crippen LogP contribution in [0.3, 0.4) is 0 Å². The lowest BCUT2D eigenvalue weighted by Gasteiger charge is -2.46. The molecule has 0 spiro atoms. The molecular weight excluding hydrogens is 464 g/mol. The fourth-order valence-corrected chi connectivity index (χ4v) is 6.95. The SMILES string of the molecule is CCCCCCCCCCCCCCCCCCCCc1cc(O)c2c(c1)OC(C)(C)[C@@H]1CCC(C)=C[C@@H]21. The number of hydrogen-bond donors (Lipinski definition) is 1.